The first kappa shape index (κ1) is 13.2. The van der Waals surface area contributed by atoms with Gasteiger partial charge in [-0.25, -0.2) is 0 Å². The zero-order valence-corrected chi connectivity index (χ0v) is 11.2. The summed E-state index contributed by atoms with van der Waals surface area (Å²) in [5.74, 6) is 0.0728. The average molecular weight is 247 g/mol. The standard InChI is InChI=1S/C15H21NO2/c1-11-5-6-13(8-12(11)2)15(17)10-18-14-4-3-7-16-9-14/h5-6,8,14,16H,3-4,7,9-10H2,1-2H3. The van der Waals surface area contributed by atoms with Gasteiger partial charge in [-0.15, -0.1) is 0 Å². The number of ketones is 1. The molecule has 0 spiro atoms. The zero-order valence-electron chi connectivity index (χ0n) is 11.2. The van der Waals surface area contributed by atoms with Gasteiger partial charge in [-0.05, 0) is 50.4 Å². The molecule has 1 fully saturated rings. The summed E-state index contributed by atoms with van der Waals surface area (Å²) < 4.78 is 5.66. The van der Waals surface area contributed by atoms with Crippen molar-refractivity contribution in [2.24, 2.45) is 0 Å². The third-order valence-electron chi connectivity index (χ3n) is 3.53. The van der Waals surface area contributed by atoms with Gasteiger partial charge in [-0.2, -0.15) is 0 Å². The Bertz CT molecular complexity index is 423. The van der Waals surface area contributed by atoms with E-state index in [2.05, 4.69) is 5.32 Å². The minimum absolute atomic E-state index is 0.0728. The van der Waals surface area contributed by atoms with Gasteiger partial charge in [0.2, 0.25) is 0 Å². The number of ether oxygens (including phenoxy) is 1. The molecule has 1 aliphatic heterocycles. The summed E-state index contributed by atoms with van der Waals surface area (Å²) in [6.07, 6.45) is 2.37. The summed E-state index contributed by atoms with van der Waals surface area (Å²) in [6, 6.07) is 5.82. The number of benzene rings is 1. The van der Waals surface area contributed by atoms with E-state index in [0.717, 1.165) is 37.1 Å². The lowest BCUT2D eigenvalue weighted by molar-refractivity contribution is 0.0347. The van der Waals surface area contributed by atoms with Crippen molar-refractivity contribution in [2.45, 2.75) is 32.8 Å². The van der Waals surface area contributed by atoms with Crippen LogP contribution in [0.15, 0.2) is 18.2 Å². The Morgan fingerprint density at radius 3 is 2.89 bits per heavy atom. The molecule has 3 heteroatoms. The van der Waals surface area contributed by atoms with E-state index in [9.17, 15) is 4.79 Å². The minimum atomic E-state index is 0.0728. The molecular formula is C15H21NO2. The number of nitrogens with one attached hydrogen (secondary N) is 1. The summed E-state index contributed by atoms with van der Waals surface area (Å²) >= 11 is 0. The molecule has 0 aliphatic carbocycles. The number of carbonyl (C=O) groups excluding carboxylic acids is 1. The second-order valence-electron chi connectivity index (χ2n) is 5.00. The van der Waals surface area contributed by atoms with Crippen molar-refractivity contribution in [3.05, 3.63) is 34.9 Å². The molecule has 1 saturated heterocycles. The quantitative estimate of drug-likeness (QED) is 0.829. The second-order valence-corrected chi connectivity index (χ2v) is 5.00. The Balaban J connectivity index is 1.88. The van der Waals surface area contributed by atoms with E-state index in [1.807, 2.05) is 32.0 Å². The van der Waals surface area contributed by atoms with E-state index in [-0.39, 0.29) is 18.5 Å². The maximum absolute atomic E-state index is 12.0. The Morgan fingerprint density at radius 2 is 2.22 bits per heavy atom. The zero-order chi connectivity index (χ0) is 13.0. The maximum Gasteiger partial charge on any atom is 0.188 e. The minimum Gasteiger partial charge on any atom is -0.369 e. The molecule has 98 valence electrons. The van der Waals surface area contributed by atoms with Crippen LogP contribution in [-0.4, -0.2) is 31.6 Å². The molecule has 18 heavy (non-hydrogen) atoms. The van der Waals surface area contributed by atoms with Crippen molar-refractivity contribution in [2.75, 3.05) is 19.7 Å². The summed E-state index contributed by atoms with van der Waals surface area (Å²) in [5.41, 5.74) is 3.12. The normalized spacial score (nSPS) is 19.8. The van der Waals surface area contributed by atoms with Crippen molar-refractivity contribution >= 4 is 5.78 Å². The molecule has 0 bridgehead atoms. The van der Waals surface area contributed by atoms with Crippen LogP contribution in [0.3, 0.4) is 0 Å². The van der Waals surface area contributed by atoms with Crippen molar-refractivity contribution in [1.82, 2.24) is 5.32 Å². The highest BCUT2D eigenvalue weighted by Crippen LogP contribution is 2.12. The highest BCUT2D eigenvalue weighted by molar-refractivity contribution is 5.97. The molecule has 0 saturated carbocycles. The van der Waals surface area contributed by atoms with Crippen LogP contribution in [0.2, 0.25) is 0 Å². The van der Waals surface area contributed by atoms with Crippen LogP contribution in [0.5, 0.6) is 0 Å². The fourth-order valence-electron chi connectivity index (χ4n) is 2.15. The maximum atomic E-state index is 12.0. The number of aryl methyl sites for hydroxylation is 2. The van der Waals surface area contributed by atoms with E-state index in [0.29, 0.717) is 0 Å². The molecule has 1 unspecified atom stereocenters. The number of hydrogen-bond donors (Lipinski definition) is 1. The fraction of sp³-hybridized carbons (Fsp3) is 0.533. The van der Waals surface area contributed by atoms with Crippen molar-refractivity contribution in [3.63, 3.8) is 0 Å². The van der Waals surface area contributed by atoms with E-state index in [1.165, 1.54) is 5.56 Å². The topological polar surface area (TPSA) is 38.3 Å². The molecule has 1 atom stereocenters. The molecule has 3 nitrogen and oxygen atoms in total. The number of hydrogen-bond acceptors (Lipinski definition) is 3. The molecule has 1 aliphatic rings. The van der Waals surface area contributed by atoms with Gasteiger partial charge in [0.15, 0.2) is 5.78 Å². The predicted octanol–water partition coefficient (Wildman–Crippen LogP) is 2.25. The third-order valence-corrected chi connectivity index (χ3v) is 3.53. The lowest BCUT2D eigenvalue weighted by Crippen LogP contribution is -2.36. The van der Waals surface area contributed by atoms with Crippen LogP contribution in [0.4, 0.5) is 0 Å². The smallest absolute Gasteiger partial charge is 0.188 e. The van der Waals surface area contributed by atoms with Crippen molar-refractivity contribution in [1.29, 1.82) is 0 Å². The van der Waals surface area contributed by atoms with Gasteiger partial charge in [0.05, 0.1) is 6.10 Å². The number of piperidine rings is 1. The van der Waals surface area contributed by atoms with Gasteiger partial charge in [0.1, 0.15) is 6.61 Å². The Kier molecular flexibility index (Phi) is 4.50. The summed E-state index contributed by atoms with van der Waals surface area (Å²) in [4.78, 5) is 12.0. The molecule has 0 aromatic heterocycles. The lowest BCUT2D eigenvalue weighted by atomic mass is 10.0. The van der Waals surface area contributed by atoms with E-state index < -0.39 is 0 Å². The van der Waals surface area contributed by atoms with Gasteiger partial charge < -0.3 is 10.1 Å². The van der Waals surface area contributed by atoms with Gasteiger partial charge >= 0.3 is 0 Å². The summed E-state index contributed by atoms with van der Waals surface area (Å²) in [7, 11) is 0. The molecule has 1 N–H and O–H groups in total. The third kappa shape index (κ3) is 3.40. The molecule has 1 heterocycles. The Morgan fingerprint density at radius 1 is 1.39 bits per heavy atom. The Labute approximate surface area is 109 Å². The summed E-state index contributed by atoms with van der Waals surface area (Å²) in [5, 5.41) is 3.28. The van der Waals surface area contributed by atoms with Crippen LogP contribution in [0.25, 0.3) is 0 Å². The molecule has 2 rings (SSSR count). The average Bonchev–Trinajstić information content (AvgIpc) is 2.40. The van der Waals surface area contributed by atoms with Crippen molar-refractivity contribution in [3.8, 4) is 0 Å². The van der Waals surface area contributed by atoms with Gasteiger partial charge in [-0.3, -0.25) is 4.79 Å². The SMILES string of the molecule is Cc1ccc(C(=O)COC2CCCNC2)cc1C. The number of carbonyl (C=O) groups is 1. The van der Waals surface area contributed by atoms with E-state index in [1.54, 1.807) is 0 Å². The first-order chi connectivity index (χ1) is 8.66. The van der Waals surface area contributed by atoms with E-state index in [4.69, 9.17) is 4.74 Å². The van der Waals surface area contributed by atoms with Crippen LogP contribution in [-0.2, 0) is 4.74 Å². The fourth-order valence-corrected chi connectivity index (χ4v) is 2.15. The molecule has 0 radical (unpaired) electrons. The lowest BCUT2D eigenvalue weighted by Gasteiger charge is -2.22. The van der Waals surface area contributed by atoms with Crippen LogP contribution < -0.4 is 5.32 Å². The summed E-state index contributed by atoms with van der Waals surface area (Å²) in [6.45, 7) is 6.19. The highest BCUT2D eigenvalue weighted by atomic mass is 16.5. The monoisotopic (exact) mass is 247 g/mol. The molecular weight excluding hydrogens is 226 g/mol. The predicted molar refractivity (Wildman–Crippen MR) is 72.1 cm³/mol. The van der Waals surface area contributed by atoms with Gasteiger partial charge in [0.25, 0.3) is 0 Å². The van der Waals surface area contributed by atoms with Gasteiger partial charge in [0, 0.05) is 12.1 Å². The largest absolute Gasteiger partial charge is 0.369 e. The van der Waals surface area contributed by atoms with E-state index >= 15 is 0 Å². The Hall–Kier alpha value is -1.19. The molecule has 1 aromatic carbocycles. The van der Waals surface area contributed by atoms with Crippen LogP contribution in [0.1, 0.15) is 34.3 Å². The number of rotatable bonds is 4. The molecule has 0 amide bonds. The first-order valence-corrected chi connectivity index (χ1v) is 6.59. The van der Waals surface area contributed by atoms with Crippen LogP contribution >= 0.6 is 0 Å². The van der Waals surface area contributed by atoms with Crippen molar-refractivity contribution < 1.29 is 9.53 Å². The second kappa shape index (κ2) is 6.12. The number of Topliss-reactive ketones (excluding diaryl/α,β-unsaturated/α-hetero) is 1. The van der Waals surface area contributed by atoms with Gasteiger partial charge in [-0.1, -0.05) is 12.1 Å². The first-order valence-electron chi connectivity index (χ1n) is 6.59. The van der Waals surface area contributed by atoms with Crippen LogP contribution in [0, 0.1) is 13.8 Å². The highest BCUT2D eigenvalue weighted by Gasteiger charge is 2.15. The molecule has 1 aromatic rings.